The van der Waals surface area contributed by atoms with E-state index in [4.69, 9.17) is 28.5 Å². The number of rotatable bonds is 2. The topological polar surface area (TPSA) is 52.9 Å². The summed E-state index contributed by atoms with van der Waals surface area (Å²) in [4.78, 5) is 12.1. The summed E-state index contributed by atoms with van der Waals surface area (Å²) >= 11 is 15.2. The van der Waals surface area contributed by atoms with Gasteiger partial charge in [0.15, 0.2) is 0 Å². The molecule has 3 nitrogen and oxygen atoms in total. The van der Waals surface area contributed by atoms with Crippen molar-refractivity contribution < 1.29 is 4.79 Å². The van der Waals surface area contributed by atoms with Gasteiger partial charge in [-0.3, -0.25) is 4.79 Å². The molecule has 1 N–H and O–H groups in total. The van der Waals surface area contributed by atoms with Crippen LogP contribution < -0.4 is 5.32 Å². The van der Waals surface area contributed by atoms with E-state index < -0.39 is 0 Å². The van der Waals surface area contributed by atoms with Crippen molar-refractivity contribution in [2.45, 2.75) is 0 Å². The van der Waals surface area contributed by atoms with Gasteiger partial charge in [0, 0.05) is 10.0 Å². The number of carbonyl (C=O) groups is 1. The zero-order chi connectivity index (χ0) is 14.7. The monoisotopic (exact) mass is 368 g/mol. The maximum absolute atomic E-state index is 12.1. The average Bonchev–Trinajstić information content (AvgIpc) is 2.43. The van der Waals surface area contributed by atoms with Crippen molar-refractivity contribution in [1.29, 1.82) is 5.26 Å². The molecule has 2 aromatic rings. The van der Waals surface area contributed by atoms with Crippen LogP contribution >= 0.6 is 39.1 Å². The summed E-state index contributed by atoms with van der Waals surface area (Å²) in [6.45, 7) is 0. The Morgan fingerprint density at radius 1 is 1.15 bits per heavy atom. The fourth-order valence-corrected chi connectivity index (χ4v) is 2.17. The maximum Gasteiger partial charge on any atom is 0.255 e. The lowest BCUT2D eigenvalue weighted by atomic mass is 10.2. The standard InChI is InChI=1S/C14H7BrCl2N2O/c15-10-3-2-9(6-11(10)16)14(20)19-13-4-1-8(7-18)5-12(13)17/h1-6H,(H,19,20). The third kappa shape index (κ3) is 3.31. The molecule has 0 fully saturated rings. The van der Waals surface area contributed by atoms with Crippen LogP contribution in [0.15, 0.2) is 40.9 Å². The van der Waals surface area contributed by atoms with Crippen LogP contribution in [-0.4, -0.2) is 5.91 Å². The molecule has 20 heavy (non-hydrogen) atoms. The predicted molar refractivity (Wildman–Crippen MR) is 83.3 cm³/mol. The van der Waals surface area contributed by atoms with Crippen LogP contribution in [0.25, 0.3) is 0 Å². The Kier molecular flexibility index (Phi) is 4.66. The van der Waals surface area contributed by atoms with E-state index >= 15 is 0 Å². The number of amides is 1. The van der Waals surface area contributed by atoms with E-state index in [1.54, 1.807) is 30.3 Å². The molecule has 0 heterocycles. The second-order valence-electron chi connectivity index (χ2n) is 3.89. The largest absolute Gasteiger partial charge is 0.321 e. The SMILES string of the molecule is N#Cc1ccc(NC(=O)c2ccc(Br)c(Cl)c2)c(Cl)c1. The molecule has 6 heteroatoms. The molecule has 0 saturated carbocycles. The summed E-state index contributed by atoms with van der Waals surface area (Å²) in [7, 11) is 0. The Morgan fingerprint density at radius 2 is 1.90 bits per heavy atom. The number of nitriles is 1. The van der Waals surface area contributed by atoms with Crippen molar-refractivity contribution in [3.63, 3.8) is 0 Å². The molecule has 0 aliphatic carbocycles. The Bertz CT molecular complexity index is 726. The lowest BCUT2D eigenvalue weighted by Crippen LogP contribution is -2.12. The summed E-state index contributed by atoms with van der Waals surface area (Å²) in [6, 6.07) is 11.5. The molecule has 2 aromatic carbocycles. The van der Waals surface area contributed by atoms with E-state index in [1.165, 1.54) is 6.07 Å². The Balaban J connectivity index is 2.23. The fourth-order valence-electron chi connectivity index (χ4n) is 1.52. The zero-order valence-corrected chi connectivity index (χ0v) is 13.1. The van der Waals surface area contributed by atoms with Gasteiger partial charge in [-0.2, -0.15) is 5.26 Å². The smallest absolute Gasteiger partial charge is 0.255 e. The van der Waals surface area contributed by atoms with Crippen molar-refractivity contribution in [3.8, 4) is 6.07 Å². The van der Waals surface area contributed by atoms with Crippen molar-refractivity contribution >= 4 is 50.7 Å². The van der Waals surface area contributed by atoms with E-state index in [9.17, 15) is 4.79 Å². The number of hydrogen-bond donors (Lipinski definition) is 1. The third-order valence-corrected chi connectivity index (χ3v) is 4.07. The first-order chi connectivity index (χ1) is 9.51. The highest BCUT2D eigenvalue weighted by atomic mass is 79.9. The minimum atomic E-state index is -0.328. The summed E-state index contributed by atoms with van der Waals surface area (Å²) in [5.74, 6) is -0.328. The van der Waals surface area contributed by atoms with E-state index in [2.05, 4.69) is 21.2 Å². The van der Waals surface area contributed by atoms with Gasteiger partial charge >= 0.3 is 0 Å². The van der Waals surface area contributed by atoms with Gasteiger partial charge in [-0.25, -0.2) is 0 Å². The summed E-state index contributed by atoms with van der Waals surface area (Å²) < 4.78 is 0.715. The van der Waals surface area contributed by atoms with Crippen molar-refractivity contribution in [3.05, 3.63) is 62.0 Å². The van der Waals surface area contributed by atoms with Crippen molar-refractivity contribution in [1.82, 2.24) is 0 Å². The number of benzene rings is 2. The van der Waals surface area contributed by atoms with Crippen LogP contribution in [0.1, 0.15) is 15.9 Å². The van der Waals surface area contributed by atoms with Crippen molar-refractivity contribution in [2.75, 3.05) is 5.32 Å². The molecule has 100 valence electrons. The minimum Gasteiger partial charge on any atom is -0.321 e. The molecule has 0 atom stereocenters. The van der Waals surface area contributed by atoms with Gasteiger partial charge in [0.1, 0.15) is 0 Å². The molecule has 0 saturated heterocycles. The predicted octanol–water partition coefficient (Wildman–Crippen LogP) is 4.88. The quantitative estimate of drug-likeness (QED) is 0.820. The number of carbonyl (C=O) groups excluding carboxylic acids is 1. The van der Waals surface area contributed by atoms with Crippen molar-refractivity contribution in [2.24, 2.45) is 0 Å². The first-order valence-corrected chi connectivity index (χ1v) is 7.02. The van der Waals surface area contributed by atoms with Gasteiger partial charge in [-0.15, -0.1) is 0 Å². The second-order valence-corrected chi connectivity index (χ2v) is 5.56. The minimum absolute atomic E-state index is 0.306. The summed E-state index contributed by atoms with van der Waals surface area (Å²) in [5, 5.41) is 12.2. The molecule has 0 spiro atoms. The van der Waals surface area contributed by atoms with Gasteiger partial charge in [0.2, 0.25) is 0 Å². The first kappa shape index (κ1) is 14.9. The van der Waals surface area contributed by atoms with E-state index in [0.29, 0.717) is 31.3 Å². The van der Waals surface area contributed by atoms with Gasteiger partial charge in [0.05, 0.1) is 27.4 Å². The van der Waals surface area contributed by atoms with E-state index in [0.717, 1.165) is 0 Å². The summed E-state index contributed by atoms with van der Waals surface area (Å²) in [6.07, 6.45) is 0. The first-order valence-electron chi connectivity index (χ1n) is 5.47. The number of hydrogen-bond acceptors (Lipinski definition) is 2. The van der Waals surface area contributed by atoms with Gasteiger partial charge < -0.3 is 5.32 Å². The van der Waals surface area contributed by atoms with Crippen LogP contribution in [0.3, 0.4) is 0 Å². The van der Waals surface area contributed by atoms with Crippen LogP contribution in [0.4, 0.5) is 5.69 Å². The second kappa shape index (κ2) is 6.27. The highest BCUT2D eigenvalue weighted by molar-refractivity contribution is 9.10. The highest BCUT2D eigenvalue weighted by Gasteiger charge is 2.10. The average molecular weight is 370 g/mol. The molecule has 0 unspecified atom stereocenters. The number of halogens is 3. The molecule has 2 rings (SSSR count). The van der Waals surface area contributed by atoms with Crippen LogP contribution in [-0.2, 0) is 0 Å². The Morgan fingerprint density at radius 3 is 2.50 bits per heavy atom. The van der Waals surface area contributed by atoms with Gasteiger partial charge in [-0.1, -0.05) is 23.2 Å². The number of nitrogens with one attached hydrogen (secondary N) is 1. The zero-order valence-electron chi connectivity index (χ0n) is 9.95. The number of anilines is 1. The molecule has 0 aliphatic rings. The lowest BCUT2D eigenvalue weighted by molar-refractivity contribution is 0.102. The maximum atomic E-state index is 12.1. The van der Waals surface area contributed by atoms with Crippen LogP contribution in [0.2, 0.25) is 10.0 Å². The van der Waals surface area contributed by atoms with Gasteiger partial charge in [0.25, 0.3) is 5.91 Å². The Labute approximate surface area is 134 Å². The molecular weight excluding hydrogens is 363 g/mol. The highest BCUT2D eigenvalue weighted by Crippen LogP contribution is 2.26. The fraction of sp³-hybridized carbons (Fsp3) is 0. The third-order valence-electron chi connectivity index (χ3n) is 2.53. The molecule has 1 amide bonds. The molecular formula is C14H7BrCl2N2O. The summed E-state index contributed by atoms with van der Waals surface area (Å²) in [5.41, 5.74) is 1.29. The Hall–Kier alpha value is -1.54. The van der Waals surface area contributed by atoms with Crippen LogP contribution in [0, 0.1) is 11.3 Å². The normalized spacial score (nSPS) is 9.90. The molecule has 0 bridgehead atoms. The van der Waals surface area contributed by atoms with Gasteiger partial charge in [-0.05, 0) is 52.3 Å². The molecule has 0 aliphatic heterocycles. The number of nitrogens with zero attached hydrogens (tertiary/aromatic N) is 1. The lowest BCUT2D eigenvalue weighted by Gasteiger charge is -2.08. The molecule has 0 radical (unpaired) electrons. The van der Waals surface area contributed by atoms with Crippen LogP contribution in [0.5, 0.6) is 0 Å². The molecule has 0 aromatic heterocycles. The van der Waals surface area contributed by atoms with E-state index in [-0.39, 0.29) is 5.91 Å². The van der Waals surface area contributed by atoms with E-state index in [1.807, 2.05) is 6.07 Å².